The molecule has 0 unspecified atom stereocenters. The van der Waals surface area contributed by atoms with Crippen LogP contribution in [0.4, 0.5) is 5.82 Å². The van der Waals surface area contributed by atoms with Crippen LogP contribution in [0.15, 0.2) is 19.8 Å². The standard InChI is InChI=1S/C11H13BrN2OS/c1-6(2)3-8-10(15-14-11(8)13)7-4-9(12)16-5-7/h4-6H,3H2,1-2H3,(H2,13,14). The van der Waals surface area contributed by atoms with Gasteiger partial charge in [-0.2, -0.15) is 0 Å². The van der Waals surface area contributed by atoms with Crippen LogP contribution in [0.5, 0.6) is 0 Å². The molecule has 0 aromatic carbocycles. The molecule has 2 rings (SSSR count). The number of thiophene rings is 1. The number of halogens is 1. The van der Waals surface area contributed by atoms with Crippen LogP contribution in [0, 0.1) is 5.92 Å². The fourth-order valence-corrected chi connectivity index (χ4v) is 2.72. The molecule has 0 spiro atoms. The minimum Gasteiger partial charge on any atom is -0.381 e. The Morgan fingerprint density at radius 3 is 2.88 bits per heavy atom. The highest BCUT2D eigenvalue weighted by atomic mass is 79.9. The van der Waals surface area contributed by atoms with Gasteiger partial charge < -0.3 is 10.3 Å². The Labute approximate surface area is 107 Å². The van der Waals surface area contributed by atoms with E-state index in [0.29, 0.717) is 11.7 Å². The van der Waals surface area contributed by atoms with Crippen LogP contribution >= 0.6 is 27.3 Å². The first-order valence-corrected chi connectivity index (χ1v) is 6.73. The number of hydrogen-bond acceptors (Lipinski definition) is 4. The molecule has 0 fully saturated rings. The van der Waals surface area contributed by atoms with Crippen LogP contribution < -0.4 is 5.73 Å². The Morgan fingerprint density at radius 2 is 2.31 bits per heavy atom. The lowest BCUT2D eigenvalue weighted by molar-refractivity contribution is 0.434. The molecular formula is C11H13BrN2OS. The van der Waals surface area contributed by atoms with E-state index >= 15 is 0 Å². The van der Waals surface area contributed by atoms with Gasteiger partial charge >= 0.3 is 0 Å². The van der Waals surface area contributed by atoms with Gasteiger partial charge in [-0.25, -0.2) is 0 Å². The SMILES string of the molecule is CC(C)Cc1c(N)noc1-c1csc(Br)c1. The topological polar surface area (TPSA) is 52.0 Å². The summed E-state index contributed by atoms with van der Waals surface area (Å²) in [6.45, 7) is 4.31. The molecule has 0 bridgehead atoms. The number of hydrogen-bond donors (Lipinski definition) is 1. The zero-order valence-corrected chi connectivity index (χ0v) is 11.6. The van der Waals surface area contributed by atoms with Gasteiger partial charge in [0.25, 0.3) is 0 Å². The lowest BCUT2D eigenvalue weighted by atomic mass is 10.0. The van der Waals surface area contributed by atoms with Gasteiger partial charge in [-0.15, -0.1) is 11.3 Å². The summed E-state index contributed by atoms with van der Waals surface area (Å²) in [5.74, 6) is 1.83. The Morgan fingerprint density at radius 1 is 1.56 bits per heavy atom. The fraction of sp³-hybridized carbons (Fsp3) is 0.364. The lowest BCUT2D eigenvalue weighted by Gasteiger charge is -2.03. The van der Waals surface area contributed by atoms with E-state index in [0.717, 1.165) is 27.1 Å². The third kappa shape index (κ3) is 2.30. The smallest absolute Gasteiger partial charge is 0.173 e. The maximum Gasteiger partial charge on any atom is 0.173 e. The Kier molecular flexibility index (Phi) is 3.35. The van der Waals surface area contributed by atoms with Crippen molar-refractivity contribution in [2.45, 2.75) is 20.3 Å². The molecule has 2 aromatic heterocycles. The van der Waals surface area contributed by atoms with Crippen molar-refractivity contribution < 1.29 is 4.52 Å². The first-order valence-electron chi connectivity index (χ1n) is 5.06. The van der Waals surface area contributed by atoms with Crippen molar-refractivity contribution >= 4 is 33.1 Å². The molecule has 0 aliphatic rings. The molecule has 0 saturated heterocycles. The maximum atomic E-state index is 5.82. The highest BCUT2D eigenvalue weighted by molar-refractivity contribution is 9.11. The minimum absolute atomic E-state index is 0.506. The van der Waals surface area contributed by atoms with Crippen LogP contribution in [0.2, 0.25) is 0 Å². The van der Waals surface area contributed by atoms with E-state index in [1.54, 1.807) is 11.3 Å². The van der Waals surface area contributed by atoms with Crippen LogP contribution in [0.25, 0.3) is 11.3 Å². The monoisotopic (exact) mass is 300 g/mol. The fourth-order valence-electron chi connectivity index (χ4n) is 1.58. The summed E-state index contributed by atoms with van der Waals surface area (Å²) in [7, 11) is 0. The summed E-state index contributed by atoms with van der Waals surface area (Å²) >= 11 is 5.06. The van der Waals surface area contributed by atoms with E-state index in [2.05, 4.69) is 34.9 Å². The second-order valence-corrected chi connectivity index (χ2v) is 6.40. The van der Waals surface area contributed by atoms with Gasteiger partial charge in [0, 0.05) is 16.5 Å². The highest BCUT2D eigenvalue weighted by Gasteiger charge is 2.17. The summed E-state index contributed by atoms with van der Waals surface area (Å²) in [6, 6.07) is 2.02. The van der Waals surface area contributed by atoms with E-state index in [9.17, 15) is 0 Å². The van der Waals surface area contributed by atoms with Crippen molar-refractivity contribution in [3.63, 3.8) is 0 Å². The molecule has 2 heterocycles. The van der Waals surface area contributed by atoms with Crippen LogP contribution in [-0.2, 0) is 6.42 Å². The number of rotatable bonds is 3. The first-order chi connectivity index (χ1) is 7.58. The maximum absolute atomic E-state index is 5.82. The number of aromatic nitrogens is 1. The molecule has 0 amide bonds. The molecule has 0 radical (unpaired) electrons. The van der Waals surface area contributed by atoms with Crippen LogP contribution in [-0.4, -0.2) is 5.16 Å². The van der Waals surface area contributed by atoms with Crippen molar-refractivity contribution in [3.8, 4) is 11.3 Å². The van der Waals surface area contributed by atoms with Crippen molar-refractivity contribution in [1.29, 1.82) is 0 Å². The summed E-state index contributed by atoms with van der Waals surface area (Å²) in [6.07, 6.45) is 0.887. The predicted molar refractivity (Wildman–Crippen MR) is 70.5 cm³/mol. The number of nitrogens with zero attached hydrogens (tertiary/aromatic N) is 1. The van der Waals surface area contributed by atoms with Gasteiger partial charge in [0.15, 0.2) is 11.6 Å². The van der Waals surface area contributed by atoms with Crippen molar-refractivity contribution in [3.05, 3.63) is 20.8 Å². The molecule has 5 heteroatoms. The van der Waals surface area contributed by atoms with Gasteiger partial charge in [-0.3, -0.25) is 0 Å². The quantitative estimate of drug-likeness (QED) is 0.934. The van der Waals surface area contributed by atoms with Crippen molar-refractivity contribution in [1.82, 2.24) is 5.16 Å². The molecule has 2 N–H and O–H groups in total. The summed E-state index contributed by atoms with van der Waals surface area (Å²) in [4.78, 5) is 0. The van der Waals surface area contributed by atoms with Crippen LogP contribution in [0.3, 0.4) is 0 Å². The minimum atomic E-state index is 0.506. The van der Waals surface area contributed by atoms with Gasteiger partial charge in [0.05, 0.1) is 3.79 Å². The molecule has 2 aromatic rings. The average molecular weight is 301 g/mol. The van der Waals surface area contributed by atoms with E-state index in [1.807, 2.05) is 11.4 Å². The molecule has 0 saturated carbocycles. The predicted octanol–water partition coefficient (Wildman–Crippen LogP) is 3.95. The Balaban J connectivity index is 2.41. The van der Waals surface area contributed by atoms with Gasteiger partial charge in [-0.1, -0.05) is 19.0 Å². The average Bonchev–Trinajstić information content (AvgIpc) is 2.75. The van der Waals surface area contributed by atoms with Crippen LogP contribution in [0.1, 0.15) is 19.4 Å². The zero-order chi connectivity index (χ0) is 11.7. The van der Waals surface area contributed by atoms with E-state index in [4.69, 9.17) is 10.3 Å². The normalized spacial score (nSPS) is 11.2. The highest BCUT2D eigenvalue weighted by Crippen LogP contribution is 2.34. The molecule has 0 aliphatic heterocycles. The van der Waals surface area contributed by atoms with E-state index < -0.39 is 0 Å². The third-order valence-electron chi connectivity index (χ3n) is 2.26. The Bertz CT molecular complexity index is 490. The largest absolute Gasteiger partial charge is 0.381 e. The Hall–Kier alpha value is -0.810. The van der Waals surface area contributed by atoms with E-state index in [1.165, 1.54) is 0 Å². The number of anilines is 1. The second-order valence-electron chi connectivity index (χ2n) is 4.11. The molecule has 0 aliphatic carbocycles. The summed E-state index contributed by atoms with van der Waals surface area (Å²) in [5.41, 5.74) is 7.87. The van der Waals surface area contributed by atoms with E-state index in [-0.39, 0.29) is 0 Å². The molecule has 3 nitrogen and oxygen atoms in total. The third-order valence-corrected chi connectivity index (χ3v) is 3.77. The first kappa shape index (κ1) is 11.7. The molecule has 0 atom stereocenters. The van der Waals surface area contributed by atoms with Crippen molar-refractivity contribution in [2.24, 2.45) is 5.92 Å². The lowest BCUT2D eigenvalue weighted by Crippen LogP contribution is -1.98. The van der Waals surface area contributed by atoms with Gasteiger partial charge in [-0.05, 0) is 34.3 Å². The zero-order valence-electron chi connectivity index (χ0n) is 9.16. The number of nitrogen functional groups attached to an aromatic ring is 1. The molecule has 16 heavy (non-hydrogen) atoms. The number of nitrogens with two attached hydrogens (primary N) is 1. The summed E-state index contributed by atoms with van der Waals surface area (Å²) in [5, 5.41) is 5.88. The van der Waals surface area contributed by atoms with Gasteiger partial charge in [0.1, 0.15) is 0 Å². The molecular weight excluding hydrogens is 288 g/mol. The van der Waals surface area contributed by atoms with Gasteiger partial charge in [0.2, 0.25) is 0 Å². The molecule has 86 valence electrons. The van der Waals surface area contributed by atoms with Crippen molar-refractivity contribution in [2.75, 3.05) is 5.73 Å². The second kappa shape index (κ2) is 4.59. The summed E-state index contributed by atoms with van der Waals surface area (Å²) < 4.78 is 6.38.